The van der Waals surface area contributed by atoms with E-state index < -0.39 is 18.4 Å². The zero-order valence-electron chi connectivity index (χ0n) is 15.6. The van der Waals surface area contributed by atoms with Crippen LogP contribution in [0, 0.1) is 0 Å². The number of para-hydroxylation sites is 1. The second-order valence-corrected chi connectivity index (χ2v) is 7.67. The minimum atomic E-state index is -1.17. The Hall–Kier alpha value is -3.03. The van der Waals surface area contributed by atoms with Crippen LogP contribution in [0.15, 0.2) is 40.8 Å². The van der Waals surface area contributed by atoms with Crippen LogP contribution >= 0.6 is 23.2 Å². The van der Waals surface area contributed by atoms with Gasteiger partial charge in [0.25, 0.3) is 11.8 Å². The first-order valence-electron chi connectivity index (χ1n) is 9.12. The van der Waals surface area contributed by atoms with Gasteiger partial charge in [0.2, 0.25) is 0 Å². The highest BCUT2D eigenvalue weighted by Gasteiger charge is 2.29. The van der Waals surface area contributed by atoms with E-state index in [4.69, 9.17) is 32.7 Å². The van der Waals surface area contributed by atoms with Gasteiger partial charge in [0, 0.05) is 18.5 Å². The molecule has 0 atom stereocenters. The molecule has 0 aliphatic carbocycles. The molecule has 0 saturated carbocycles. The number of aliphatic carboxylic acids is 1. The lowest BCUT2D eigenvalue weighted by Crippen LogP contribution is -2.36. The second-order valence-electron chi connectivity index (χ2n) is 6.89. The summed E-state index contributed by atoms with van der Waals surface area (Å²) < 4.78 is 5.67. The molecule has 1 aliphatic rings. The van der Waals surface area contributed by atoms with Gasteiger partial charge in [-0.2, -0.15) is 0 Å². The SMILES string of the molecule is O=C(O)CNC(=O)c1c(Cl)cc2c(c1Cl)CCN(C(=O)c1cc3ccccc3o1)C2. The molecular weight excluding hydrogens is 431 g/mol. The van der Waals surface area contributed by atoms with Gasteiger partial charge in [-0.15, -0.1) is 0 Å². The number of nitrogens with one attached hydrogen (secondary N) is 1. The van der Waals surface area contributed by atoms with Crippen molar-refractivity contribution in [1.82, 2.24) is 10.2 Å². The molecule has 2 amide bonds. The summed E-state index contributed by atoms with van der Waals surface area (Å²) in [5.74, 6) is -1.82. The molecule has 1 aromatic heterocycles. The van der Waals surface area contributed by atoms with Gasteiger partial charge in [0.15, 0.2) is 5.76 Å². The van der Waals surface area contributed by atoms with Crippen molar-refractivity contribution in [3.8, 4) is 0 Å². The number of nitrogens with zero attached hydrogens (tertiary/aromatic N) is 1. The lowest BCUT2D eigenvalue weighted by molar-refractivity contribution is -0.135. The van der Waals surface area contributed by atoms with Crippen molar-refractivity contribution in [2.45, 2.75) is 13.0 Å². The Kier molecular flexibility index (Phi) is 5.40. The van der Waals surface area contributed by atoms with Gasteiger partial charge in [0.1, 0.15) is 12.1 Å². The fraction of sp³-hybridized carbons (Fsp3) is 0.190. The summed E-state index contributed by atoms with van der Waals surface area (Å²) in [5, 5.41) is 12.1. The quantitative estimate of drug-likeness (QED) is 0.635. The van der Waals surface area contributed by atoms with E-state index in [0.29, 0.717) is 18.5 Å². The predicted octanol–water partition coefficient (Wildman–Crippen LogP) is 3.75. The van der Waals surface area contributed by atoms with Crippen LogP contribution in [-0.2, 0) is 17.8 Å². The monoisotopic (exact) mass is 446 g/mol. The topological polar surface area (TPSA) is 99.9 Å². The zero-order chi connectivity index (χ0) is 21.4. The number of amides is 2. The minimum absolute atomic E-state index is 0.0374. The van der Waals surface area contributed by atoms with Crippen molar-refractivity contribution in [2.75, 3.05) is 13.1 Å². The molecule has 154 valence electrons. The van der Waals surface area contributed by atoms with E-state index in [-0.39, 0.29) is 33.8 Å². The van der Waals surface area contributed by atoms with Crippen molar-refractivity contribution in [3.63, 3.8) is 0 Å². The largest absolute Gasteiger partial charge is 0.480 e. The molecular formula is C21H16Cl2N2O5. The van der Waals surface area contributed by atoms with E-state index in [9.17, 15) is 14.4 Å². The van der Waals surface area contributed by atoms with Crippen LogP contribution in [0.25, 0.3) is 11.0 Å². The van der Waals surface area contributed by atoms with E-state index in [2.05, 4.69) is 5.32 Å². The van der Waals surface area contributed by atoms with Gasteiger partial charge < -0.3 is 19.7 Å². The van der Waals surface area contributed by atoms with Crippen LogP contribution in [0.2, 0.25) is 10.0 Å². The highest BCUT2D eigenvalue weighted by molar-refractivity contribution is 6.40. The fourth-order valence-electron chi connectivity index (χ4n) is 3.52. The third-order valence-corrected chi connectivity index (χ3v) is 5.67. The molecule has 30 heavy (non-hydrogen) atoms. The first-order chi connectivity index (χ1) is 14.3. The van der Waals surface area contributed by atoms with Crippen LogP contribution < -0.4 is 5.32 Å². The highest BCUT2D eigenvalue weighted by atomic mass is 35.5. The molecule has 7 nitrogen and oxygen atoms in total. The van der Waals surface area contributed by atoms with Crippen LogP contribution in [0.5, 0.6) is 0 Å². The number of hydrogen-bond donors (Lipinski definition) is 2. The summed E-state index contributed by atoms with van der Waals surface area (Å²) in [6, 6.07) is 10.7. The Bertz CT molecular complexity index is 1150. The van der Waals surface area contributed by atoms with Crippen LogP contribution in [-0.4, -0.2) is 40.9 Å². The van der Waals surface area contributed by atoms with E-state index in [1.54, 1.807) is 23.1 Å². The summed E-state index contributed by atoms with van der Waals surface area (Å²) in [5.41, 5.74) is 2.13. The molecule has 2 aromatic carbocycles. The molecule has 3 aromatic rings. The Labute approximate surface area is 181 Å². The number of rotatable bonds is 4. The first kappa shape index (κ1) is 20.3. The number of carboxylic acids is 1. The molecule has 0 fully saturated rings. The fourth-order valence-corrected chi connectivity index (χ4v) is 4.28. The average Bonchev–Trinajstić information content (AvgIpc) is 3.15. The lowest BCUT2D eigenvalue weighted by atomic mass is 9.96. The zero-order valence-corrected chi connectivity index (χ0v) is 17.1. The summed E-state index contributed by atoms with van der Waals surface area (Å²) in [7, 11) is 0. The Morgan fingerprint density at radius 3 is 2.67 bits per heavy atom. The van der Waals surface area contributed by atoms with Crippen molar-refractivity contribution in [1.29, 1.82) is 0 Å². The van der Waals surface area contributed by atoms with Crippen LogP contribution in [0.3, 0.4) is 0 Å². The third kappa shape index (κ3) is 3.74. The Morgan fingerprint density at radius 1 is 1.17 bits per heavy atom. The van der Waals surface area contributed by atoms with E-state index in [1.165, 1.54) is 0 Å². The number of benzene rings is 2. The molecule has 0 unspecified atom stereocenters. The van der Waals surface area contributed by atoms with Gasteiger partial charge in [-0.1, -0.05) is 41.4 Å². The van der Waals surface area contributed by atoms with Crippen LogP contribution in [0.1, 0.15) is 32.0 Å². The molecule has 4 rings (SSSR count). The predicted molar refractivity (Wildman–Crippen MR) is 111 cm³/mol. The number of carbonyl (C=O) groups excluding carboxylic acids is 2. The van der Waals surface area contributed by atoms with Gasteiger partial charge in [-0.05, 0) is 35.7 Å². The van der Waals surface area contributed by atoms with Gasteiger partial charge in [-0.3, -0.25) is 14.4 Å². The van der Waals surface area contributed by atoms with E-state index >= 15 is 0 Å². The number of carboxylic acid groups (broad SMARTS) is 1. The second kappa shape index (κ2) is 8.01. The lowest BCUT2D eigenvalue weighted by Gasteiger charge is -2.29. The van der Waals surface area contributed by atoms with Crippen molar-refractivity contribution in [2.24, 2.45) is 0 Å². The number of furan rings is 1. The molecule has 0 bridgehead atoms. The summed E-state index contributed by atoms with van der Waals surface area (Å²) in [6.07, 6.45) is 0.427. The van der Waals surface area contributed by atoms with Crippen molar-refractivity contribution < 1.29 is 23.9 Å². The average molecular weight is 447 g/mol. The maximum absolute atomic E-state index is 12.9. The molecule has 0 saturated heterocycles. The molecule has 9 heteroatoms. The highest BCUT2D eigenvalue weighted by Crippen LogP contribution is 2.35. The maximum Gasteiger partial charge on any atom is 0.322 e. The molecule has 2 N–H and O–H groups in total. The van der Waals surface area contributed by atoms with Crippen molar-refractivity contribution in [3.05, 3.63) is 68.9 Å². The summed E-state index contributed by atoms with van der Waals surface area (Å²) >= 11 is 12.7. The van der Waals surface area contributed by atoms with Gasteiger partial charge >= 0.3 is 5.97 Å². The minimum Gasteiger partial charge on any atom is -0.480 e. The van der Waals surface area contributed by atoms with E-state index in [0.717, 1.165) is 16.5 Å². The maximum atomic E-state index is 12.9. The third-order valence-electron chi connectivity index (χ3n) is 4.96. The standard InChI is InChI=1S/C21H16Cl2N2O5/c22-14-7-12-10-25(21(29)16-8-11-3-1-2-4-15(11)30-16)6-5-13(12)19(23)18(14)20(28)24-9-17(26)27/h1-4,7-8H,5-6,9-10H2,(H,24,28)(H,26,27). The number of fused-ring (bicyclic) bond motifs is 2. The van der Waals surface area contributed by atoms with Gasteiger partial charge in [-0.25, -0.2) is 0 Å². The Balaban J connectivity index is 1.58. The molecule has 1 aliphatic heterocycles. The molecule has 0 spiro atoms. The number of hydrogen-bond acceptors (Lipinski definition) is 4. The normalized spacial score (nSPS) is 13.2. The van der Waals surface area contributed by atoms with Gasteiger partial charge in [0.05, 0.1) is 15.6 Å². The number of carbonyl (C=O) groups is 3. The molecule has 2 heterocycles. The van der Waals surface area contributed by atoms with Crippen LogP contribution in [0.4, 0.5) is 0 Å². The Morgan fingerprint density at radius 2 is 1.93 bits per heavy atom. The smallest absolute Gasteiger partial charge is 0.322 e. The first-order valence-corrected chi connectivity index (χ1v) is 9.88. The summed E-state index contributed by atoms with van der Waals surface area (Å²) in [4.78, 5) is 37.5. The van der Waals surface area contributed by atoms with E-state index in [1.807, 2.05) is 18.2 Å². The summed E-state index contributed by atoms with van der Waals surface area (Å²) in [6.45, 7) is 0.116. The van der Waals surface area contributed by atoms with Crippen molar-refractivity contribution >= 4 is 52.0 Å². The number of halogens is 2. The molecule has 0 radical (unpaired) electrons.